The molecule has 1 aromatic rings. The fourth-order valence-electron chi connectivity index (χ4n) is 4.19. The van der Waals surface area contributed by atoms with Gasteiger partial charge in [0, 0.05) is 23.1 Å². The third-order valence-corrected chi connectivity index (χ3v) is 6.08. The number of alkyl carbamates (subject to hydrolysis) is 1. The molecule has 0 aliphatic heterocycles. The van der Waals surface area contributed by atoms with Gasteiger partial charge in [-0.1, -0.05) is 12.1 Å². The molecule has 0 atom stereocenters. The van der Waals surface area contributed by atoms with Gasteiger partial charge in [0.05, 0.1) is 0 Å². The van der Waals surface area contributed by atoms with E-state index in [0.29, 0.717) is 6.54 Å². The summed E-state index contributed by atoms with van der Waals surface area (Å²) in [6, 6.07) is 7.46. The van der Waals surface area contributed by atoms with Crippen LogP contribution >= 0.6 is 0 Å². The van der Waals surface area contributed by atoms with Crippen molar-refractivity contribution >= 4 is 24.0 Å². The third kappa shape index (κ3) is 4.54. The summed E-state index contributed by atoms with van der Waals surface area (Å²) in [6.07, 6.45) is 5.47. The van der Waals surface area contributed by atoms with Crippen LogP contribution in [0.4, 0.5) is 10.5 Å². The smallest absolute Gasteiger partial charge is 0.407 e. The van der Waals surface area contributed by atoms with Crippen molar-refractivity contribution in [2.45, 2.75) is 71.4 Å². The van der Waals surface area contributed by atoms with E-state index >= 15 is 0 Å². The van der Waals surface area contributed by atoms with Crippen LogP contribution in [0.2, 0.25) is 0 Å². The van der Waals surface area contributed by atoms with Crippen molar-refractivity contribution in [2.24, 2.45) is 10.8 Å². The summed E-state index contributed by atoms with van der Waals surface area (Å²) in [5.41, 5.74) is 0.639. The van der Waals surface area contributed by atoms with Gasteiger partial charge in [-0.3, -0.25) is 4.79 Å². The molecule has 2 amide bonds. The van der Waals surface area contributed by atoms with Gasteiger partial charge in [-0.2, -0.15) is 0 Å². The molecule has 3 fully saturated rings. The van der Waals surface area contributed by atoms with Gasteiger partial charge in [-0.05, 0) is 77.0 Å². The molecule has 3 saturated carbocycles. The lowest BCUT2D eigenvalue weighted by molar-refractivity contribution is -0.139. The summed E-state index contributed by atoms with van der Waals surface area (Å²) in [4.78, 5) is 36.0. The van der Waals surface area contributed by atoms with E-state index in [1.807, 2.05) is 45.0 Å². The van der Waals surface area contributed by atoms with E-state index in [4.69, 9.17) is 4.74 Å². The van der Waals surface area contributed by atoms with Crippen molar-refractivity contribution in [3.05, 3.63) is 29.8 Å². The molecule has 3 aliphatic rings. The summed E-state index contributed by atoms with van der Waals surface area (Å²) in [5, 5.41) is 5.76. The number of benzene rings is 1. The summed E-state index contributed by atoms with van der Waals surface area (Å²) in [7, 11) is 0. The number of anilines is 1. The van der Waals surface area contributed by atoms with Gasteiger partial charge in [0.25, 0.3) is 0 Å². The average molecular weight is 386 g/mol. The molecule has 6 heteroatoms. The van der Waals surface area contributed by atoms with Crippen molar-refractivity contribution in [1.82, 2.24) is 5.32 Å². The first-order valence-corrected chi connectivity index (χ1v) is 9.99. The second-order valence-corrected chi connectivity index (χ2v) is 9.27. The highest BCUT2D eigenvalue weighted by Crippen LogP contribution is 2.56. The van der Waals surface area contributed by atoms with Crippen molar-refractivity contribution in [3.63, 3.8) is 0 Å². The molecule has 3 aliphatic carbocycles. The number of hydrogen-bond donors (Lipinski definition) is 2. The minimum absolute atomic E-state index is 0.0614. The maximum absolute atomic E-state index is 12.9. The van der Waals surface area contributed by atoms with Gasteiger partial charge in [-0.15, -0.1) is 0 Å². The zero-order chi connectivity index (χ0) is 20.4. The summed E-state index contributed by atoms with van der Waals surface area (Å²) < 4.78 is 5.22. The predicted molar refractivity (Wildman–Crippen MR) is 107 cm³/mol. The summed E-state index contributed by atoms with van der Waals surface area (Å²) >= 11 is 0. The van der Waals surface area contributed by atoms with Gasteiger partial charge in [0.1, 0.15) is 11.9 Å². The van der Waals surface area contributed by atoms with Gasteiger partial charge in [0.15, 0.2) is 0 Å². The second kappa shape index (κ2) is 7.57. The molecule has 2 bridgehead atoms. The summed E-state index contributed by atoms with van der Waals surface area (Å²) in [6.45, 7) is 5.82. The van der Waals surface area contributed by atoms with E-state index in [-0.39, 0.29) is 16.7 Å². The first-order chi connectivity index (χ1) is 13.2. The zero-order valence-corrected chi connectivity index (χ0v) is 17.0. The molecule has 0 heterocycles. The summed E-state index contributed by atoms with van der Waals surface area (Å²) in [5.74, 6) is 0.0614. The van der Waals surface area contributed by atoms with Crippen LogP contribution in [0.3, 0.4) is 0 Å². The van der Waals surface area contributed by atoms with Crippen LogP contribution in [0.25, 0.3) is 0 Å². The van der Waals surface area contributed by atoms with Crippen LogP contribution in [0.1, 0.15) is 64.9 Å². The Morgan fingerprint density at radius 2 is 1.61 bits per heavy atom. The monoisotopic (exact) mass is 386 g/mol. The Labute approximate surface area is 166 Å². The van der Waals surface area contributed by atoms with E-state index < -0.39 is 11.7 Å². The average Bonchev–Trinajstić information content (AvgIpc) is 2.67. The molecule has 28 heavy (non-hydrogen) atoms. The minimum Gasteiger partial charge on any atom is -0.444 e. The number of aldehydes is 1. The number of nitrogens with one attached hydrogen (secondary N) is 2. The number of amides is 2. The van der Waals surface area contributed by atoms with Crippen molar-refractivity contribution < 1.29 is 19.1 Å². The van der Waals surface area contributed by atoms with Crippen LogP contribution in [0.15, 0.2) is 24.3 Å². The van der Waals surface area contributed by atoms with Gasteiger partial charge < -0.3 is 20.2 Å². The van der Waals surface area contributed by atoms with E-state index in [0.717, 1.165) is 56.1 Å². The molecular weight excluding hydrogens is 356 g/mol. The van der Waals surface area contributed by atoms with Crippen LogP contribution in [0.5, 0.6) is 0 Å². The lowest BCUT2D eigenvalue weighted by atomic mass is 9.54. The largest absolute Gasteiger partial charge is 0.444 e. The van der Waals surface area contributed by atoms with Crippen molar-refractivity contribution in [1.29, 1.82) is 0 Å². The molecule has 0 saturated heterocycles. The molecular formula is C22H30N2O4. The highest BCUT2D eigenvalue weighted by Gasteiger charge is 2.52. The van der Waals surface area contributed by atoms with E-state index in [2.05, 4.69) is 10.6 Å². The number of hydrogen-bond acceptors (Lipinski definition) is 4. The molecule has 0 unspecified atom stereocenters. The maximum Gasteiger partial charge on any atom is 0.407 e. The number of rotatable bonds is 5. The van der Waals surface area contributed by atoms with Crippen molar-refractivity contribution in [3.8, 4) is 0 Å². The first kappa shape index (κ1) is 20.4. The molecule has 6 nitrogen and oxygen atoms in total. The Hall–Kier alpha value is -2.37. The SMILES string of the molecule is CC(C)(C)OC(=O)NCc1ccc(NC(=O)C23CCC(C=O)(CC2)CC3)cc1. The van der Waals surface area contributed by atoms with Gasteiger partial charge >= 0.3 is 6.09 Å². The minimum atomic E-state index is -0.527. The van der Waals surface area contributed by atoms with Crippen molar-refractivity contribution in [2.75, 3.05) is 5.32 Å². The maximum atomic E-state index is 12.9. The Kier molecular flexibility index (Phi) is 5.50. The number of fused-ring (bicyclic) bond motifs is 3. The zero-order valence-electron chi connectivity index (χ0n) is 17.0. The van der Waals surface area contributed by atoms with E-state index in [1.54, 1.807) is 0 Å². The van der Waals surface area contributed by atoms with Crippen LogP contribution in [-0.2, 0) is 20.9 Å². The number of carbonyl (C=O) groups is 3. The quantitative estimate of drug-likeness (QED) is 0.743. The first-order valence-electron chi connectivity index (χ1n) is 9.99. The lowest BCUT2D eigenvalue weighted by Gasteiger charge is -2.49. The second-order valence-electron chi connectivity index (χ2n) is 9.27. The highest BCUT2D eigenvalue weighted by atomic mass is 16.6. The fraction of sp³-hybridized carbons (Fsp3) is 0.591. The predicted octanol–water partition coefficient (Wildman–Crippen LogP) is 4.19. The van der Waals surface area contributed by atoms with Gasteiger partial charge in [0.2, 0.25) is 5.91 Å². The topological polar surface area (TPSA) is 84.5 Å². The molecule has 2 N–H and O–H groups in total. The van der Waals surface area contributed by atoms with Crippen LogP contribution in [-0.4, -0.2) is 23.9 Å². The van der Waals surface area contributed by atoms with E-state index in [9.17, 15) is 14.4 Å². The Morgan fingerprint density at radius 3 is 2.11 bits per heavy atom. The standard InChI is InChI=1S/C22H30N2O4/c1-20(2,3)28-19(27)23-14-16-4-6-17(7-5-16)24-18(26)22-11-8-21(15-25,9-12-22)10-13-22/h4-7,15H,8-14H2,1-3H3,(H,23,27)(H,24,26). The highest BCUT2D eigenvalue weighted by molar-refractivity contribution is 5.95. The fourth-order valence-corrected chi connectivity index (χ4v) is 4.19. The van der Waals surface area contributed by atoms with E-state index in [1.165, 1.54) is 0 Å². The molecule has 1 aromatic carbocycles. The van der Waals surface area contributed by atoms with Gasteiger partial charge in [-0.25, -0.2) is 4.79 Å². The Bertz CT molecular complexity index is 724. The number of carbonyl (C=O) groups excluding carboxylic acids is 3. The molecule has 152 valence electrons. The van der Waals surface area contributed by atoms with Crippen LogP contribution in [0, 0.1) is 10.8 Å². The molecule has 0 aromatic heterocycles. The lowest BCUT2D eigenvalue weighted by Crippen LogP contribution is -2.48. The van der Waals surface area contributed by atoms with Crippen LogP contribution < -0.4 is 10.6 Å². The third-order valence-electron chi connectivity index (χ3n) is 6.08. The molecule has 4 rings (SSSR count). The molecule has 0 spiro atoms. The number of ether oxygens (including phenoxy) is 1. The Balaban J connectivity index is 1.53. The molecule has 0 radical (unpaired) electrons. The normalized spacial score (nSPS) is 26.4. The Morgan fingerprint density at radius 1 is 1.04 bits per heavy atom.